The fourth-order valence-corrected chi connectivity index (χ4v) is 3.42. The van der Waals surface area contributed by atoms with Crippen LogP contribution in [0.15, 0.2) is 29.3 Å². The van der Waals surface area contributed by atoms with Crippen molar-refractivity contribution in [3.63, 3.8) is 0 Å². The monoisotopic (exact) mass is 548 g/mol. The zero-order valence-corrected chi connectivity index (χ0v) is 22.1. The number of methoxy groups -OCH3 is 1. The molecule has 0 amide bonds. The Hall–Kier alpha value is -1.26. The third-order valence-corrected chi connectivity index (χ3v) is 5.04. The van der Waals surface area contributed by atoms with Crippen molar-refractivity contribution in [1.82, 2.24) is 15.5 Å². The van der Waals surface area contributed by atoms with Gasteiger partial charge in [0, 0.05) is 32.2 Å². The van der Waals surface area contributed by atoms with Crippen LogP contribution in [0.25, 0.3) is 0 Å². The summed E-state index contributed by atoms with van der Waals surface area (Å²) in [5, 5.41) is 6.95. The van der Waals surface area contributed by atoms with E-state index < -0.39 is 0 Å². The highest BCUT2D eigenvalue weighted by atomic mass is 127. The normalized spacial score (nSPS) is 16.5. The summed E-state index contributed by atoms with van der Waals surface area (Å²) in [4.78, 5) is 7.22. The first-order chi connectivity index (χ1) is 14.5. The number of likely N-dealkylation sites (tertiary alicyclic amines) is 1. The van der Waals surface area contributed by atoms with Crippen LogP contribution in [0, 0.1) is 0 Å². The summed E-state index contributed by atoms with van der Waals surface area (Å²) in [6.45, 7) is 13.7. The number of guanidine groups is 1. The Bertz CT molecular complexity index is 637. The number of benzene rings is 1. The van der Waals surface area contributed by atoms with Gasteiger partial charge in [-0.15, -0.1) is 24.0 Å². The molecule has 31 heavy (non-hydrogen) atoms. The second-order valence-corrected chi connectivity index (χ2v) is 7.98. The number of halogens is 1. The SMILES string of the molecule is CCNC(=NCC(C)Oc1ccccc1OC)NC1CCN(CCOC(C)C)CC1.I. The number of aliphatic imine (C=N–C) groups is 1. The van der Waals surface area contributed by atoms with Crippen molar-refractivity contribution in [1.29, 1.82) is 0 Å². The van der Waals surface area contributed by atoms with Crippen molar-refractivity contribution in [2.75, 3.05) is 46.4 Å². The van der Waals surface area contributed by atoms with Crippen LogP contribution in [0.2, 0.25) is 0 Å². The van der Waals surface area contributed by atoms with E-state index in [0.717, 1.165) is 63.1 Å². The second-order valence-electron chi connectivity index (χ2n) is 7.98. The maximum atomic E-state index is 6.02. The Morgan fingerprint density at radius 3 is 2.45 bits per heavy atom. The Kier molecular flexibility index (Phi) is 13.9. The third kappa shape index (κ3) is 10.7. The number of nitrogens with one attached hydrogen (secondary N) is 2. The van der Waals surface area contributed by atoms with Gasteiger partial charge in [-0.3, -0.25) is 0 Å². The van der Waals surface area contributed by atoms with Gasteiger partial charge >= 0.3 is 0 Å². The number of ether oxygens (including phenoxy) is 3. The molecule has 0 spiro atoms. The summed E-state index contributed by atoms with van der Waals surface area (Å²) >= 11 is 0. The lowest BCUT2D eigenvalue weighted by Gasteiger charge is -2.33. The van der Waals surface area contributed by atoms with Crippen LogP contribution < -0.4 is 20.1 Å². The molecule has 0 aliphatic carbocycles. The van der Waals surface area contributed by atoms with Gasteiger partial charge in [0.15, 0.2) is 17.5 Å². The number of rotatable bonds is 11. The summed E-state index contributed by atoms with van der Waals surface area (Å²) in [6.07, 6.45) is 2.47. The highest BCUT2D eigenvalue weighted by molar-refractivity contribution is 14.0. The molecule has 1 aromatic carbocycles. The summed E-state index contributed by atoms with van der Waals surface area (Å²) in [5.41, 5.74) is 0. The predicted molar refractivity (Wildman–Crippen MR) is 138 cm³/mol. The Balaban J connectivity index is 0.00000480. The van der Waals surface area contributed by atoms with Crippen LogP contribution in [0.5, 0.6) is 11.5 Å². The summed E-state index contributed by atoms with van der Waals surface area (Å²) in [7, 11) is 1.65. The first-order valence-corrected chi connectivity index (χ1v) is 11.2. The van der Waals surface area contributed by atoms with Crippen LogP contribution in [0.3, 0.4) is 0 Å². The molecule has 1 saturated heterocycles. The Morgan fingerprint density at radius 2 is 1.84 bits per heavy atom. The molecule has 2 N–H and O–H groups in total. The molecule has 1 aliphatic heterocycles. The molecule has 0 saturated carbocycles. The van der Waals surface area contributed by atoms with Crippen LogP contribution in [-0.4, -0.2) is 75.5 Å². The Morgan fingerprint density at radius 1 is 1.16 bits per heavy atom. The van der Waals surface area contributed by atoms with Gasteiger partial charge < -0.3 is 29.7 Å². The number of hydrogen-bond donors (Lipinski definition) is 2. The van der Waals surface area contributed by atoms with E-state index in [2.05, 4.69) is 36.3 Å². The summed E-state index contributed by atoms with van der Waals surface area (Å²) in [6, 6.07) is 8.14. The van der Waals surface area contributed by atoms with Gasteiger partial charge in [-0.1, -0.05) is 12.1 Å². The molecule has 1 fully saturated rings. The van der Waals surface area contributed by atoms with E-state index in [1.54, 1.807) is 7.11 Å². The lowest BCUT2D eigenvalue weighted by molar-refractivity contribution is 0.0532. The molecule has 1 unspecified atom stereocenters. The molecule has 2 rings (SSSR count). The minimum Gasteiger partial charge on any atom is -0.493 e. The van der Waals surface area contributed by atoms with Crippen LogP contribution in [0.1, 0.15) is 40.5 Å². The fourth-order valence-electron chi connectivity index (χ4n) is 3.42. The van der Waals surface area contributed by atoms with Gasteiger partial charge in [-0.2, -0.15) is 0 Å². The molecule has 0 radical (unpaired) electrons. The molecule has 7 nitrogen and oxygen atoms in total. The molecule has 0 aromatic heterocycles. The van der Waals surface area contributed by atoms with E-state index in [1.807, 2.05) is 31.2 Å². The van der Waals surface area contributed by atoms with Crippen molar-refractivity contribution in [3.05, 3.63) is 24.3 Å². The lowest BCUT2D eigenvalue weighted by Crippen LogP contribution is -2.49. The molecule has 0 bridgehead atoms. The first kappa shape index (κ1) is 27.8. The van der Waals surface area contributed by atoms with Crippen molar-refractivity contribution in [2.24, 2.45) is 4.99 Å². The zero-order chi connectivity index (χ0) is 21.8. The fraction of sp³-hybridized carbons (Fsp3) is 0.696. The molecule has 178 valence electrons. The van der Waals surface area contributed by atoms with E-state index in [9.17, 15) is 0 Å². The largest absolute Gasteiger partial charge is 0.493 e. The van der Waals surface area contributed by atoms with Crippen molar-refractivity contribution >= 4 is 29.9 Å². The molecule has 1 atom stereocenters. The predicted octanol–water partition coefficient (Wildman–Crippen LogP) is 3.53. The number of hydrogen-bond acceptors (Lipinski definition) is 5. The van der Waals surface area contributed by atoms with E-state index in [4.69, 9.17) is 19.2 Å². The standard InChI is InChI=1S/C23H40N4O3.HI/c1-6-24-23(25-17-19(4)30-22-10-8-7-9-21(22)28-5)26-20-11-13-27(14-12-20)15-16-29-18(2)3;/h7-10,18-20H,6,11-17H2,1-5H3,(H2,24,25,26);1H. The smallest absolute Gasteiger partial charge is 0.191 e. The third-order valence-electron chi connectivity index (χ3n) is 5.04. The summed E-state index contributed by atoms with van der Waals surface area (Å²) < 4.78 is 17.0. The van der Waals surface area contributed by atoms with Crippen molar-refractivity contribution < 1.29 is 14.2 Å². The average molecular weight is 549 g/mol. The van der Waals surface area contributed by atoms with Crippen LogP contribution >= 0.6 is 24.0 Å². The van der Waals surface area contributed by atoms with Crippen molar-refractivity contribution in [2.45, 2.75) is 58.8 Å². The topological polar surface area (TPSA) is 67.4 Å². The molecular formula is C23H41IN4O3. The zero-order valence-electron chi connectivity index (χ0n) is 19.7. The molecule has 1 aliphatic rings. The van der Waals surface area contributed by atoms with E-state index in [1.165, 1.54) is 0 Å². The van der Waals surface area contributed by atoms with Gasteiger partial charge in [-0.25, -0.2) is 4.99 Å². The quantitative estimate of drug-likeness (QED) is 0.251. The average Bonchev–Trinajstić information content (AvgIpc) is 2.73. The first-order valence-electron chi connectivity index (χ1n) is 11.2. The summed E-state index contributed by atoms with van der Waals surface area (Å²) in [5.74, 6) is 2.34. The lowest BCUT2D eigenvalue weighted by atomic mass is 10.1. The maximum Gasteiger partial charge on any atom is 0.191 e. The number of nitrogens with zero attached hydrogens (tertiary/aromatic N) is 2. The number of para-hydroxylation sites is 2. The second kappa shape index (κ2) is 15.5. The highest BCUT2D eigenvalue weighted by Gasteiger charge is 2.20. The van der Waals surface area contributed by atoms with Crippen LogP contribution in [0.4, 0.5) is 0 Å². The molecule has 8 heteroatoms. The molecule has 1 heterocycles. The minimum atomic E-state index is -0.0560. The van der Waals surface area contributed by atoms with Gasteiger partial charge in [0.05, 0.1) is 26.4 Å². The molecular weight excluding hydrogens is 507 g/mol. The molecule has 1 aromatic rings. The van der Waals surface area contributed by atoms with Crippen LogP contribution in [-0.2, 0) is 4.74 Å². The highest BCUT2D eigenvalue weighted by Crippen LogP contribution is 2.26. The van der Waals surface area contributed by atoms with Gasteiger partial charge in [0.1, 0.15) is 6.10 Å². The van der Waals surface area contributed by atoms with Crippen molar-refractivity contribution in [3.8, 4) is 11.5 Å². The van der Waals surface area contributed by atoms with E-state index in [-0.39, 0.29) is 30.1 Å². The number of piperidine rings is 1. The van der Waals surface area contributed by atoms with E-state index >= 15 is 0 Å². The van der Waals surface area contributed by atoms with Gasteiger partial charge in [0.25, 0.3) is 0 Å². The Labute approximate surface area is 205 Å². The minimum absolute atomic E-state index is 0. The maximum absolute atomic E-state index is 6.02. The van der Waals surface area contributed by atoms with Gasteiger partial charge in [0.2, 0.25) is 0 Å². The van der Waals surface area contributed by atoms with E-state index in [0.29, 0.717) is 18.7 Å². The van der Waals surface area contributed by atoms with Gasteiger partial charge in [-0.05, 0) is 52.7 Å².